The van der Waals surface area contributed by atoms with E-state index in [0.29, 0.717) is 6.61 Å². The van der Waals surface area contributed by atoms with Gasteiger partial charge in [0.05, 0.1) is 6.61 Å². The van der Waals surface area contributed by atoms with Gasteiger partial charge >= 0.3 is 17.9 Å². The van der Waals surface area contributed by atoms with Crippen LogP contribution in [0.15, 0.2) is 48.5 Å². The molecule has 2 aromatic rings. The molecule has 7 nitrogen and oxygen atoms in total. The summed E-state index contributed by atoms with van der Waals surface area (Å²) in [5, 5.41) is 18.1. The Kier molecular flexibility index (Phi) is 9.82. The van der Waals surface area contributed by atoms with E-state index in [1.165, 1.54) is 25.1 Å². The lowest BCUT2D eigenvalue weighted by Gasteiger charge is -2.05. The van der Waals surface area contributed by atoms with Gasteiger partial charge in [-0.15, -0.1) is 0 Å². The first-order valence-corrected chi connectivity index (χ1v) is 8.82. The third-order valence-electron chi connectivity index (χ3n) is 3.48. The van der Waals surface area contributed by atoms with Crippen molar-refractivity contribution in [2.75, 3.05) is 6.61 Å². The number of hydrogen-bond acceptors (Lipinski definition) is 6. The molecule has 0 fully saturated rings. The number of carbonyl (C=O) groups is 3. The maximum atomic E-state index is 11.4. The maximum absolute atomic E-state index is 11.4. The van der Waals surface area contributed by atoms with Crippen LogP contribution in [0.4, 0.5) is 0 Å². The molecule has 0 atom stereocenters. The van der Waals surface area contributed by atoms with Gasteiger partial charge in [-0.25, -0.2) is 9.59 Å². The molecule has 0 saturated carbocycles. The van der Waals surface area contributed by atoms with E-state index >= 15 is 0 Å². The fourth-order valence-electron chi connectivity index (χ4n) is 2.13. The second-order valence-corrected chi connectivity index (χ2v) is 5.76. The molecule has 2 N–H and O–H groups in total. The molecule has 0 aliphatic heterocycles. The van der Waals surface area contributed by atoms with E-state index in [4.69, 9.17) is 9.84 Å². The quantitative estimate of drug-likeness (QED) is 0.418. The van der Waals surface area contributed by atoms with Gasteiger partial charge in [-0.05, 0) is 30.7 Å². The molecule has 2 rings (SSSR count). The number of rotatable bonds is 7. The zero-order valence-corrected chi connectivity index (χ0v) is 15.9. The first-order valence-electron chi connectivity index (χ1n) is 8.82. The van der Waals surface area contributed by atoms with Crippen LogP contribution in [0.2, 0.25) is 0 Å². The summed E-state index contributed by atoms with van der Waals surface area (Å²) in [5.41, 5.74) is 0.215. The highest BCUT2D eigenvalue weighted by molar-refractivity contribution is 5.92. The molecule has 0 spiro atoms. The summed E-state index contributed by atoms with van der Waals surface area (Å²) in [5.74, 6) is -2.06. The highest BCUT2D eigenvalue weighted by atomic mass is 16.5. The molecule has 2 aromatic carbocycles. The lowest BCUT2D eigenvalue weighted by molar-refractivity contribution is -0.131. The first-order chi connectivity index (χ1) is 13.4. The van der Waals surface area contributed by atoms with Crippen molar-refractivity contribution < 1.29 is 34.1 Å². The van der Waals surface area contributed by atoms with Gasteiger partial charge in [0.1, 0.15) is 22.6 Å². The van der Waals surface area contributed by atoms with Crippen molar-refractivity contribution in [2.45, 2.75) is 33.1 Å². The molecule has 28 heavy (non-hydrogen) atoms. The minimum absolute atomic E-state index is 0.0160. The number of carboxylic acids is 1. The zero-order chi connectivity index (χ0) is 20.9. The Morgan fingerprint density at radius 3 is 2.11 bits per heavy atom. The minimum atomic E-state index is -1.11. The Bertz CT molecular complexity index is 799. The highest BCUT2D eigenvalue weighted by Crippen LogP contribution is 2.18. The SMILES string of the molecule is CC(=O)Oc1ccccc1C(=O)O.CCCCCOC(=O)c1ccccc1O. The van der Waals surface area contributed by atoms with E-state index < -0.39 is 17.9 Å². The molecule has 0 aromatic heterocycles. The number of carbonyl (C=O) groups excluding carboxylic acids is 2. The number of esters is 2. The normalized spacial score (nSPS) is 9.64. The van der Waals surface area contributed by atoms with Crippen LogP contribution >= 0.6 is 0 Å². The lowest BCUT2D eigenvalue weighted by atomic mass is 10.2. The van der Waals surface area contributed by atoms with Crippen molar-refractivity contribution in [1.82, 2.24) is 0 Å². The molecule has 0 bridgehead atoms. The van der Waals surface area contributed by atoms with Gasteiger partial charge in [-0.2, -0.15) is 0 Å². The van der Waals surface area contributed by atoms with Gasteiger partial charge < -0.3 is 19.7 Å². The summed E-state index contributed by atoms with van der Waals surface area (Å²) in [6.07, 6.45) is 3.01. The van der Waals surface area contributed by atoms with Gasteiger partial charge in [0.15, 0.2) is 0 Å². The molecule has 0 aliphatic rings. The molecular weight excluding hydrogens is 364 g/mol. The van der Waals surface area contributed by atoms with Gasteiger partial charge in [0.2, 0.25) is 0 Å². The minimum Gasteiger partial charge on any atom is -0.507 e. The van der Waals surface area contributed by atoms with E-state index in [0.717, 1.165) is 19.3 Å². The predicted octanol–water partition coefficient (Wildman–Crippen LogP) is 4.05. The molecular formula is C21H24O7. The number of hydrogen-bond donors (Lipinski definition) is 2. The zero-order valence-electron chi connectivity index (χ0n) is 15.9. The van der Waals surface area contributed by atoms with Crippen LogP contribution in [0.25, 0.3) is 0 Å². The third kappa shape index (κ3) is 7.90. The van der Waals surface area contributed by atoms with Crippen LogP contribution in [0.5, 0.6) is 11.5 Å². The summed E-state index contributed by atoms with van der Waals surface area (Å²) in [6.45, 7) is 3.73. The second-order valence-electron chi connectivity index (χ2n) is 5.76. The Hall–Kier alpha value is -3.35. The molecule has 0 radical (unpaired) electrons. The number of unbranched alkanes of at least 4 members (excludes halogenated alkanes) is 2. The number of phenols is 1. The predicted molar refractivity (Wildman–Crippen MR) is 103 cm³/mol. The second kappa shape index (κ2) is 12.1. The van der Waals surface area contributed by atoms with Crippen LogP contribution < -0.4 is 4.74 Å². The molecule has 0 amide bonds. The Morgan fingerprint density at radius 1 is 0.929 bits per heavy atom. The van der Waals surface area contributed by atoms with E-state index in [2.05, 4.69) is 11.7 Å². The Labute approximate surface area is 163 Å². The summed E-state index contributed by atoms with van der Waals surface area (Å²) < 4.78 is 9.70. The topological polar surface area (TPSA) is 110 Å². The van der Waals surface area contributed by atoms with E-state index in [1.807, 2.05) is 0 Å². The average Bonchev–Trinajstić information content (AvgIpc) is 2.66. The number of phenolic OH excluding ortho intramolecular Hbond substituents is 1. The van der Waals surface area contributed by atoms with Gasteiger partial charge in [-0.1, -0.05) is 44.0 Å². The molecule has 0 heterocycles. The van der Waals surface area contributed by atoms with Gasteiger partial charge in [0.25, 0.3) is 0 Å². The monoisotopic (exact) mass is 388 g/mol. The Morgan fingerprint density at radius 2 is 1.54 bits per heavy atom. The van der Waals surface area contributed by atoms with Gasteiger partial charge in [0, 0.05) is 6.92 Å². The van der Waals surface area contributed by atoms with Crippen LogP contribution in [0, 0.1) is 0 Å². The number of aromatic carboxylic acids is 1. The van der Waals surface area contributed by atoms with Crippen molar-refractivity contribution >= 4 is 17.9 Å². The third-order valence-corrected chi connectivity index (χ3v) is 3.48. The van der Waals surface area contributed by atoms with Crippen LogP contribution in [0.1, 0.15) is 53.8 Å². The molecule has 150 valence electrons. The van der Waals surface area contributed by atoms with Crippen molar-refractivity contribution in [2.24, 2.45) is 0 Å². The number of ether oxygens (including phenoxy) is 2. The molecule has 7 heteroatoms. The molecule has 0 unspecified atom stereocenters. The van der Waals surface area contributed by atoms with Crippen LogP contribution in [-0.4, -0.2) is 34.7 Å². The van der Waals surface area contributed by atoms with Gasteiger partial charge in [-0.3, -0.25) is 4.79 Å². The summed E-state index contributed by atoms with van der Waals surface area (Å²) in [6, 6.07) is 12.4. The van der Waals surface area contributed by atoms with E-state index in [9.17, 15) is 19.5 Å². The van der Waals surface area contributed by atoms with E-state index in [-0.39, 0.29) is 22.6 Å². The fraction of sp³-hybridized carbons (Fsp3) is 0.286. The van der Waals surface area contributed by atoms with Crippen molar-refractivity contribution in [1.29, 1.82) is 0 Å². The number of carboxylic acid groups (broad SMARTS) is 1. The van der Waals surface area contributed by atoms with Crippen molar-refractivity contribution in [3.05, 3.63) is 59.7 Å². The maximum Gasteiger partial charge on any atom is 0.341 e. The molecule has 0 aliphatic carbocycles. The van der Waals surface area contributed by atoms with Crippen molar-refractivity contribution in [3.8, 4) is 11.5 Å². The smallest absolute Gasteiger partial charge is 0.341 e. The fourth-order valence-corrected chi connectivity index (χ4v) is 2.13. The highest BCUT2D eigenvalue weighted by Gasteiger charge is 2.11. The standard InChI is InChI=1S/C12H16O3.C9H8O4/c1-2-3-6-9-15-12(14)10-7-4-5-8-11(10)13;1-6(10)13-8-5-3-2-4-7(8)9(11)12/h4-5,7-8,13H,2-3,6,9H2,1H3;2-5H,1H3,(H,11,12). The van der Waals surface area contributed by atoms with Crippen molar-refractivity contribution in [3.63, 3.8) is 0 Å². The van der Waals surface area contributed by atoms with E-state index in [1.54, 1.807) is 30.3 Å². The lowest BCUT2D eigenvalue weighted by Crippen LogP contribution is -2.06. The number of para-hydroxylation sites is 2. The van der Waals surface area contributed by atoms with Crippen LogP contribution in [-0.2, 0) is 9.53 Å². The first kappa shape index (κ1) is 22.7. The summed E-state index contributed by atoms with van der Waals surface area (Å²) in [7, 11) is 0. The Balaban J connectivity index is 0.000000283. The number of aromatic hydroxyl groups is 1. The molecule has 0 saturated heterocycles. The van der Waals surface area contributed by atoms with Crippen LogP contribution in [0.3, 0.4) is 0 Å². The largest absolute Gasteiger partial charge is 0.507 e. The summed E-state index contributed by atoms with van der Waals surface area (Å²) >= 11 is 0. The number of benzene rings is 2. The average molecular weight is 388 g/mol. The summed E-state index contributed by atoms with van der Waals surface area (Å²) in [4.78, 5) is 32.6.